The number of likely N-dealkylation sites (tertiary alicyclic amines) is 1. The summed E-state index contributed by atoms with van der Waals surface area (Å²) in [4.78, 5) is 23.9. The van der Waals surface area contributed by atoms with E-state index in [1.54, 1.807) is 0 Å². The van der Waals surface area contributed by atoms with E-state index >= 15 is 0 Å². The summed E-state index contributed by atoms with van der Waals surface area (Å²) in [5.74, 6) is -1.24. The molecule has 0 aromatic heterocycles. The molecule has 1 fully saturated rings. The van der Waals surface area contributed by atoms with Crippen LogP contribution in [0.25, 0.3) is 0 Å². The molecule has 0 aliphatic carbocycles. The van der Waals surface area contributed by atoms with Crippen molar-refractivity contribution in [3.8, 4) is 0 Å². The quantitative estimate of drug-likeness (QED) is 0.742. The minimum absolute atomic E-state index is 0.166. The van der Waals surface area contributed by atoms with Crippen LogP contribution in [0.2, 0.25) is 0 Å². The SMILES string of the molecule is CCCC1CCCCN1C(=O)/C=C/C(=O)O. The van der Waals surface area contributed by atoms with Crippen molar-refractivity contribution in [3.63, 3.8) is 0 Å². The summed E-state index contributed by atoms with van der Waals surface area (Å²) in [6, 6.07) is 0.296. The van der Waals surface area contributed by atoms with Gasteiger partial charge in [-0.05, 0) is 25.7 Å². The first-order valence-corrected chi connectivity index (χ1v) is 5.86. The van der Waals surface area contributed by atoms with E-state index in [2.05, 4.69) is 6.92 Å². The third-order valence-electron chi connectivity index (χ3n) is 2.90. The summed E-state index contributed by atoms with van der Waals surface area (Å²) in [6.07, 6.45) is 7.37. The van der Waals surface area contributed by atoms with Crippen molar-refractivity contribution in [2.24, 2.45) is 0 Å². The van der Waals surface area contributed by atoms with Crippen LogP contribution >= 0.6 is 0 Å². The second-order valence-electron chi connectivity index (χ2n) is 4.14. The smallest absolute Gasteiger partial charge is 0.328 e. The largest absolute Gasteiger partial charge is 0.478 e. The Morgan fingerprint density at radius 1 is 1.38 bits per heavy atom. The highest BCUT2D eigenvalue weighted by Gasteiger charge is 2.24. The van der Waals surface area contributed by atoms with E-state index in [9.17, 15) is 9.59 Å². The van der Waals surface area contributed by atoms with Crippen LogP contribution < -0.4 is 0 Å². The van der Waals surface area contributed by atoms with E-state index in [-0.39, 0.29) is 5.91 Å². The Morgan fingerprint density at radius 2 is 2.12 bits per heavy atom. The van der Waals surface area contributed by atoms with Gasteiger partial charge in [0.1, 0.15) is 0 Å². The molecular weight excluding hydrogens is 206 g/mol. The van der Waals surface area contributed by atoms with E-state index in [0.717, 1.165) is 50.8 Å². The van der Waals surface area contributed by atoms with Gasteiger partial charge >= 0.3 is 5.97 Å². The van der Waals surface area contributed by atoms with Crippen LogP contribution in [0.5, 0.6) is 0 Å². The molecule has 16 heavy (non-hydrogen) atoms. The van der Waals surface area contributed by atoms with Gasteiger partial charge in [-0.2, -0.15) is 0 Å². The number of carbonyl (C=O) groups is 2. The molecule has 1 N–H and O–H groups in total. The highest BCUT2D eigenvalue weighted by molar-refractivity contribution is 5.94. The number of carboxylic acids is 1. The number of hydrogen-bond donors (Lipinski definition) is 1. The molecule has 0 spiro atoms. The van der Waals surface area contributed by atoms with Crippen molar-refractivity contribution in [1.82, 2.24) is 4.90 Å². The van der Waals surface area contributed by atoms with E-state index in [0.29, 0.717) is 6.04 Å². The lowest BCUT2D eigenvalue weighted by atomic mass is 9.98. The Hall–Kier alpha value is -1.32. The van der Waals surface area contributed by atoms with E-state index < -0.39 is 5.97 Å². The van der Waals surface area contributed by atoms with E-state index in [1.807, 2.05) is 4.90 Å². The molecule has 0 aromatic rings. The number of carbonyl (C=O) groups excluding carboxylic acids is 1. The topological polar surface area (TPSA) is 57.6 Å². The molecule has 1 aliphatic heterocycles. The van der Waals surface area contributed by atoms with Gasteiger partial charge in [-0.25, -0.2) is 4.79 Å². The maximum absolute atomic E-state index is 11.8. The van der Waals surface area contributed by atoms with Gasteiger partial charge in [0.25, 0.3) is 0 Å². The molecule has 1 atom stereocenters. The maximum atomic E-state index is 11.8. The first-order valence-electron chi connectivity index (χ1n) is 5.86. The summed E-state index contributed by atoms with van der Waals surface area (Å²) in [7, 11) is 0. The Balaban J connectivity index is 2.60. The van der Waals surface area contributed by atoms with Crippen LogP contribution in [-0.4, -0.2) is 34.5 Å². The predicted molar refractivity (Wildman–Crippen MR) is 61.0 cm³/mol. The Kier molecular flexibility index (Phi) is 5.02. The minimum atomic E-state index is -1.07. The monoisotopic (exact) mass is 225 g/mol. The third kappa shape index (κ3) is 3.68. The van der Waals surface area contributed by atoms with Gasteiger partial charge in [-0.3, -0.25) is 4.79 Å². The second kappa shape index (κ2) is 6.30. The lowest BCUT2D eigenvalue weighted by Crippen LogP contribution is -2.42. The average Bonchev–Trinajstić information content (AvgIpc) is 2.27. The fourth-order valence-corrected chi connectivity index (χ4v) is 2.16. The van der Waals surface area contributed by atoms with Gasteiger partial charge in [0.2, 0.25) is 5.91 Å². The molecule has 1 saturated heterocycles. The van der Waals surface area contributed by atoms with E-state index in [1.165, 1.54) is 0 Å². The molecule has 4 nitrogen and oxygen atoms in total. The van der Waals surface area contributed by atoms with Crippen molar-refractivity contribution in [2.45, 2.75) is 45.1 Å². The summed E-state index contributed by atoms with van der Waals surface area (Å²) in [6.45, 7) is 2.86. The van der Waals surface area contributed by atoms with Gasteiger partial charge in [0, 0.05) is 24.7 Å². The number of aliphatic carboxylic acids is 1. The van der Waals surface area contributed by atoms with Crippen molar-refractivity contribution in [1.29, 1.82) is 0 Å². The third-order valence-corrected chi connectivity index (χ3v) is 2.90. The molecule has 1 rings (SSSR count). The van der Waals surface area contributed by atoms with Gasteiger partial charge in [-0.15, -0.1) is 0 Å². The predicted octanol–water partition coefficient (Wildman–Crippen LogP) is 1.81. The zero-order chi connectivity index (χ0) is 12.0. The molecule has 0 aromatic carbocycles. The van der Waals surface area contributed by atoms with Crippen LogP contribution in [-0.2, 0) is 9.59 Å². The molecular formula is C12H19NO3. The molecule has 1 aliphatic rings. The van der Waals surface area contributed by atoms with Crippen LogP contribution in [0, 0.1) is 0 Å². The zero-order valence-electron chi connectivity index (χ0n) is 9.69. The highest BCUT2D eigenvalue weighted by atomic mass is 16.4. The molecule has 90 valence electrons. The molecule has 0 radical (unpaired) electrons. The summed E-state index contributed by atoms with van der Waals surface area (Å²) in [5.41, 5.74) is 0. The average molecular weight is 225 g/mol. The van der Waals surface area contributed by atoms with Crippen molar-refractivity contribution < 1.29 is 14.7 Å². The molecule has 0 bridgehead atoms. The summed E-state index contributed by atoms with van der Waals surface area (Å²) >= 11 is 0. The van der Waals surface area contributed by atoms with Crippen LogP contribution in [0.4, 0.5) is 0 Å². The number of rotatable bonds is 4. The molecule has 1 amide bonds. The van der Waals surface area contributed by atoms with Gasteiger partial charge in [-0.1, -0.05) is 13.3 Å². The zero-order valence-corrected chi connectivity index (χ0v) is 9.69. The summed E-state index contributed by atoms with van der Waals surface area (Å²) in [5, 5.41) is 8.47. The normalized spacial score (nSPS) is 21.3. The number of hydrogen-bond acceptors (Lipinski definition) is 2. The van der Waals surface area contributed by atoms with Crippen LogP contribution in [0.3, 0.4) is 0 Å². The fraction of sp³-hybridized carbons (Fsp3) is 0.667. The van der Waals surface area contributed by atoms with Gasteiger partial charge in [0.15, 0.2) is 0 Å². The summed E-state index contributed by atoms with van der Waals surface area (Å²) < 4.78 is 0. The van der Waals surface area contributed by atoms with Gasteiger partial charge < -0.3 is 10.0 Å². The molecule has 1 heterocycles. The second-order valence-corrected chi connectivity index (χ2v) is 4.14. The maximum Gasteiger partial charge on any atom is 0.328 e. The van der Waals surface area contributed by atoms with E-state index in [4.69, 9.17) is 5.11 Å². The number of nitrogens with zero attached hydrogens (tertiary/aromatic N) is 1. The van der Waals surface area contributed by atoms with Crippen molar-refractivity contribution in [2.75, 3.05) is 6.54 Å². The van der Waals surface area contributed by atoms with Crippen molar-refractivity contribution >= 4 is 11.9 Å². The molecule has 4 heteroatoms. The lowest BCUT2D eigenvalue weighted by Gasteiger charge is -2.35. The molecule has 1 unspecified atom stereocenters. The molecule has 0 saturated carbocycles. The Bertz CT molecular complexity index is 284. The number of amides is 1. The number of piperidine rings is 1. The van der Waals surface area contributed by atoms with Gasteiger partial charge in [0.05, 0.1) is 0 Å². The lowest BCUT2D eigenvalue weighted by molar-refractivity contribution is -0.133. The van der Waals surface area contributed by atoms with Crippen molar-refractivity contribution in [3.05, 3.63) is 12.2 Å². The minimum Gasteiger partial charge on any atom is -0.478 e. The van der Waals surface area contributed by atoms with Crippen LogP contribution in [0.1, 0.15) is 39.0 Å². The Morgan fingerprint density at radius 3 is 2.75 bits per heavy atom. The van der Waals surface area contributed by atoms with Crippen LogP contribution in [0.15, 0.2) is 12.2 Å². The first-order chi connectivity index (χ1) is 7.65. The Labute approximate surface area is 95.9 Å². The highest BCUT2D eigenvalue weighted by Crippen LogP contribution is 2.20. The number of carboxylic acid groups (broad SMARTS) is 1. The standard InChI is InChI=1S/C12H19NO3/c1-2-5-10-6-3-4-9-13(10)11(14)7-8-12(15)16/h7-8,10H,2-6,9H2,1H3,(H,15,16)/b8-7+. The fourth-order valence-electron chi connectivity index (χ4n) is 2.16. The first kappa shape index (κ1) is 12.7.